The highest BCUT2D eigenvalue weighted by Crippen LogP contribution is 2.40. The molecule has 12 heteroatoms. The van der Waals surface area contributed by atoms with Gasteiger partial charge in [0.05, 0.1) is 6.10 Å². The molecule has 1 saturated heterocycles. The molecule has 1 aliphatic carbocycles. The summed E-state index contributed by atoms with van der Waals surface area (Å²) in [6.45, 7) is 0.844. The summed E-state index contributed by atoms with van der Waals surface area (Å²) in [5.74, 6) is -1.28. The summed E-state index contributed by atoms with van der Waals surface area (Å²) in [7, 11) is 0. The number of nitrogens with two attached hydrogens (primary N) is 2. The summed E-state index contributed by atoms with van der Waals surface area (Å²) in [5, 5.41) is 36.5. The molecule has 12 nitrogen and oxygen atoms in total. The average Bonchev–Trinajstić information content (AvgIpc) is 3.38. The average molecular weight is 609 g/mol. The van der Waals surface area contributed by atoms with Gasteiger partial charge in [-0.2, -0.15) is 0 Å². The van der Waals surface area contributed by atoms with Gasteiger partial charge >= 0.3 is 0 Å². The monoisotopic (exact) mass is 608 g/mol. The number of aromatic hydroxyl groups is 1. The molecule has 2 aliphatic rings. The van der Waals surface area contributed by atoms with Crippen LogP contribution in [0.1, 0.15) is 49.7 Å². The zero-order valence-electron chi connectivity index (χ0n) is 24.8. The van der Waals surface area contributed by atoms with E-state index in [1.807, 2.05) is 30.3 Å². The van der Waals surface area contributed by atoms with Crippen LogP contribution in [0.5, 0.6) is 5.75 Å². The van der Waals surface area contributed by atoms with Gasteiger partial charge in [-0.15, -0.1) is 0 Å². The third kappa shape index (κ3) is 8.93. The van der Waals surface area contributed by atoms with Gasteiger partial charge < -0.3 is 42.3 Å². The van der Waals surface area contributed by atoms with Crippen LogP contribution in [0.15, 0.2) is 59.6 Å². The number of fused-ring (bicyclic) bond motifs is 1. The Bertz CT molecular complexity index is 1290. The first-order chi connectivity index (χ1) is 21.1. The van der Waals surface area contributed by atoms with Crippen molar-refractivity contribution in [3.8, 4) is 5.75 Å². The standard InChI is InChI=1S/C32H44N6O6/c33-32(34)36-15-5-4-14-35-29(42)27-18-22-10-13-24(40)19-26(22)38(27)31(44)25(16-20-6-2-1-3-7-20)37-30(43)28(41)17-21-8-11-23(39)12-9-21/h1-3,6-9,11-12,22,24-28,39-41H,4-5,10,13-19H2,(H,35,42)(H,37,43)(H4,33,34,36)/t22-,24-,25-,26-,27-,28-/m1/s1. The summed E-state index contributed by atoms with van der Waals surface area (Å²) in [5.41, 5.74) is 12.2. The topological polar surface area (TPSA) is 204 Å². The second kappa shape index (κ2) is 15.5. The van der Waals surface area contributed by atoms with Gasteiger partial charge in [0.2, 0.25) is 17.7 Å². The van der Waals surface area contributed by atoms with Gasteiger partial charge in [0.15, 0.2) is 5.96 Å². The molecule has 0 aromatic heterocycles. The molecule has 6 atom stereocenters. The second-order valence-electron chi connectivity index (χ2n) is 11.7. The minimum atomic E-state index is -1.44. The number of guanidine groups is 1. The number of benzene rings is 2. The SMILES string of the molecule is NC(N)=NCCCCNC(=O)[C@H]1C[C@H]2CC[C@@H](O)C[C@H]2N1C(=O)[C@@H](Cc1ccccc1)NC(=O)[C@H](O)Cc1ccc(O)cc1. The largest absolute Gasteiger partial charge is 0.508 e. The maximum Gasteiger partial charge on any atom is 0.249 e. The predicted octanol–water partition coefficient (Wildman–Crippen LogP) is 0.323. The Morgan fingerprint density at radius 2 is 1.66 bits per heavy atom. The zero-order chi connectivity index (χ0) is 31.6. The number of aliphatic imine (C=N–C) groups is 1. The normalized spacial score (nSPS) is 22.4. The fraction of sp³-hybridized carbons (Fsp3) is 0.500. The highest BCUT2D eigenvalue weighted by molar-refractivity contribution is 5.94. The number of phenolic OH excluding ortho intramolecular Hbond substituents is 1. The molecule has 238 valence electrons. The minimum Gasteiger partial charge on any atom is -0.508 e. The summed E-state index contributed by atoms with van der Waals surface area (Å²) in [6.07, 6.45) is 1.59. The first kappa shape index (κ1) is 32.7. The number of phenols is 1. The van der Waals surface area contributed by atoms with Crippen molar-refractivity contribution in [2.45, 2.75) is 81.7 Å². The number of hydrogen-bond donors (Lipinski definition) is 7. The number of rotatable bonds is 13. The van der Waals surface area contributed by atoms with Crippen LogP contribution in [0, 0.1) is 5.92 Å². The van der Waals surface area contributed by atoms with E-state index in [4.69, 9.17) is 11.5 Å². The fourth-order valence-corrected chi connectivity index (χ4v) is 6.21. The molecule has 1 heterocycles. The van der Waals surface area contributed by atoms with Crippen molar-refractivity contribution in [3.63, 3.8) is 0 Å². The molecule has 3 amide bonds. The van der Waals surface area contributed by atoms with Crippen LogP contribution in [0.3, 0.4) is 0 Å². The van der Waals surface area contributed by atoms with E-state index in [9.17, 15) is 29.7 Å². The Morgan fingerprint density at radius 1 is 0.955 bits per heavy atom. The minimum absolute atomic E-state index is 0.00676. The molecule has 0 spiro atoms. The lowest BCUT2D eigenvalue weighted by atomic mass is 9.83. The Morgan fingerprint density at radius 3 is 2.36 bits per heavy atom. The maximum absolute atomic E-state index is 14.4. The Balaban J connectivity index is 1.51. The summed E-state index contributed by atoms with van der Waals surface area (Å²) in [4.78, 5) is 46.6. The van der Waals surface area contributed by atoms with E-state index in [0.29, 0.717) is 57.2 Å². The van der Waals surface area contributed by atoms with Crippen molar-refractivity contribution in [3.05, 3.63) is 65.7 Å². The number of unbranched alkanes of at least 4 members (excludes halogenated alkanes) is 1. The number of nitrogens with one attached hydrogen (secondary N) is 2. The first-order valence-corrected chi connectivity index (χ1v) is 15.3. The molecule has 1 aliphatic heterocycles. The molecular weight excluding hydrogens is 564 g/mol. The summed E-state index contributed by atoms with van der Waals surface area (Å²) < 4.78 is 0. The van der Waals surface area contributed by atoms with E-state index in [1.165, 1.54) is 12.1 Å². The van der Waals surface area contributed by atoms with Gasteiger partial charge in [-0.3, -0.25) is 19.4 Å². The van der Waals surface area contributed by atoms with Gasteiger partial charge in [0.1, 0.15) is 23.9 Å². The van der Waals surface area contributed by atoms with Crippen LogP contribution in [0.2, 0.25) is 0 Å². The van der Waals surface area contributed by atoms with Gasteiger partial charge in [0, 0.05) is 32.0 Å². The first-order valence-electron chi connectivity index (χ1n) is 15.3. The van der Waals surface area contributed by atoms with Gasteiger partial charge in [-0.05, 0) is 67.7 Å². The molecule has 0 unspecified atom stereocenters. The van der Waals surface area contributed by atoms with E-state index < -0.39 is 36.1 Å². The predicted molar refractivity (Wildman–Crippen MR) is 165 cm³/mol. The van der Waals surface area contributed by atoms with Gasteiger partial charge in [-0.1, -0.05) is 42.5 Å². The van der Waals surface area contributed by atoms with Crippen molar-refractivity contribution in [1.29, 1.82) is 0 Å². The zero-order valence-corrected chi connectivity index (χ0v) is 24.8. The number of hydrogen-bond acceptors (Lipinski definition) is 7. The highest BCUT2D eigenvalue weighted by Gasteiger charge is 2.50. The number of likely N-dealkylation sites (tertiary alicyclic amines) is 1. The molecule has 44 heavy (non-hydrogen) atoms. The van der Waals surface area contributed by atoms with E-state index in [0.717, 1.165) is 5.56 Å². The van der Waals surface area contributed by atoms with E-state index in [1.54, 1.807) is 17.0 Å². The van der Waals surface area contributed by atoms with Crippen LogP contribution in [0.4, 0.5) is 0 Å². The van der Waals surface area contributed by atoms with Crippen molar-refractivity contribution in [2.24, 2.45) is 22.4 Å². The lowest BCUT2D eigenvalue weighted by Gasteiger charge is -2.37. The Labute approximate surface area is 257 Å². The Kier molecular flexibility index (Phi) is 11.6. The van der Waals surface area contributed by atoms with Crippen molar-refractivity contribution < 1.29 is 29.7 Å². The van der Waals surface area contributed by atoms with E-state index >= 15 is 0 Å². The lowest BCUT2D eigenvalue weighted by molar-refractivity contribution is -0.145. The number of nitrogens with zero attached hydrogens (tertiary/aromatic N) is 2. The summed E-state index contributed by atoms with van der Waals surface area (Å²) in [6, 6.07) is 13.3. The van der Waals surface area contributed by atoms with Crippen molar-refractivity contribution in [2.75, 3.05) is 13.1 Å². The molecule has 2 fully saturated rings. The number of carbonyl (C=O) groups excluding carboxylic acids is 3. The maximum atomic E-state index is 14.4. The third-order valence-corrected chi connectivity index (χ3v) is 8.45. The van der Waals surface area contributed by atoms with E-state index in [-0.39, 0.29) is 42.4 Å². The van der Waals surface area contributed by atoms with Crippen LogP contribution >= 0.6 is 0 Å². The van der Waals surface area contributed by atoms with Crippen LogP contribution in [-0.2, 0) is 27.2 Å². The molecule has 9 N–H and O–H groups in total. The molecule has 0 bridgehead atoms. The molecular formula is C32H44N6O6. The lowest BCUT2D eigenvalue weighted by Crippen LogP contribution is -2.58. The number of aliphatic hydroxyl groups excluding tert-OH is 2. The van der Waals surface area contributed by atoms with Gasteiger partial charge in [-0.25, -0.2) is 0 Å². The van der Waals surface area contributed by atoms with Crippen LogP contribution < -0.4 is 22.1 Å². The number of carbonyl (C=O) groups is 3. The Hall–Kier alpha value is -4.16. The fourth-order valence-electron chi connectivity index (χ4n) is 6.21. The quantitative estimate of drug-likeness (QED) is 0.0956. The molecule has 2 aromatic rings. The molecule has 0 radical (unpaired) electrons. The van der Waals surface area contributed by atoms with Crippen LogP contribution in [0.25, 0.3) is 0 Å². The molecule has 4 rings (SSSR count). The third-order valence-electron chi connectivity index (χ3n) is 8.45. The smallest absolute Gasteiger partial charge is 0.249 e. The molecule has 2 aromatic carbocycles. The highest BCUT2D eigenvalue weighted by atomic mass is 16.3. The summed E-state index contributed by atoms with van der Waals surface area (Å²) >= 11 is 0. The van der Waals surface area contributed by atoms with E-state index in [2.05, 4.69) is 15.6 Å². The molecule has 1 saturated carbocycles. The number of amides is 3. The van der Waals surface area contributed by atoms with Crippen LogP contribution in [-0.4, -0.2) is 87.3 Å². The van der Waals surface area contributed by atoms with Crippen molar-refractivity contribution >= 4 is 23.7 Å². The second-order valence-corrected chi connectivity index (χ2v) is 11.7. The van der Waals surface area contributed by atoms with Crippen molar-refractivity contribution in [1.82, 2.24) is 15.5 Å². The number of aliphatic hydroxyl groups is 2. The van der Waals surface area contributed by atoms with Gasteiger partial charge in [0.25, 0.3) is 0 Å².